The third kappa shape index (κ3) is 3.23. The Kier molecular flexibility index (Phi) is 4.03. The number of nitrogen functional groups attached to an aromatic ring is 1. The van der Waals surface area contributed by atoms with Gasteiger partial charge in [0.05, 0.1) is 5.75 Å². The minimum Gasteiger partial charge on any atom is -0.399 e. The Morgan fingerprint density at radius 1 is 1.29 bits per heavy atom. The van der Waals surface area contributed by atoms with Gasteiger partial charge in [-0.15, -0.1) is 0 Å². The lowest BCUT2D eigenvalue weighted by Gasteiger charge is -2.02. The summed E-state index contributed by atoms with van der Waals surface area (Å²) in [6.07, 6.45) is 3.57. The lowest BCUT2D eigenvalue weighted by Crippen LogP contribution is -1.97. The van der Waals surface area contributed by atoms with Gasteiger partial charge in [-0.3, -0.25) is 0 Å². The molecule has 0 aliphatic carbocycles. The van der Waals surface area contributed by atoms with Crippen molar-refractivity contribution in [1.82, 2.24) is 10.1 Å². The van der Waals surface area contributed by atoms with Crippen molar-refractivity contribution in [3.05, 3.63) is 41.5 Å². The van der Waals surface area contributed by atoms with Crippen molar-refractivity contribution in [2.24, 2.45) is 0 Å². The number of thioether (sulfide) groups is 1. The van der Waals surface area contributed by atoms with Gasteiger partial charge in [0.1, 0.15) is 0 Å². The number of rotatable bonds is 5. The summed E-state index contributed by atoms with van der Waals surface area (Å²) in [6, 6.07) is 7.84. The maximum Gasteiger partial charge on any atom is 0.227 e. The molecule has 1 aromatic carbocycles. The first-order valence-corrected chi connectivity index (χ1v) is 6.82. The lowest BCUT2D eigenvalue weighted by molar-refractivity contribution is 0.374. The van der Waals surface area contributed by atoms with Crippen LogP contribution in [0.2, 0.25) is 0 Å². The van der Waals surface area contributed by atoms with Crippen molar-refractivity contribution in [2.75, 3.05) is 12.0 Å². The van der Waals surface area contributed by atoms with Crippen LogP contribution >= 0.6 is 11.8 Å². The maximum absolute atomic E-state index is 5.87. The fourth-order valence-electron chi connectivity index (χ4n) is 1.58. The second-order valence-electron chi connectivity index (χ2n) is 3.74. The van der Waals surface area contributed by atoms with Crippen LogP contribution in [0.5, 0.6) is 0 Å². The second kappa shape index (κ2) is 5.72. The SMILES string of the molecule is CSCc1noc(CCc2ccccc2N)n1. The Morgan fingerprint density at radius 3 is 2.88 bits per heavy atom. The average molecular weight is 249 g/mol. The van der Waals surface area contributed by atoms with Gasteiger partial charge in [0, 0.05) is 12.1 Å². The monoisotopic (exact) mass is 249 g/mol. The average Bonchev–Trinajstić information content (AvgIpc) is 2.76. The predicted octanol–water partition coefficient (Wildman–Crippen LogP) is 2.30. The zero-order chi connectivity index (χ0) is 12.1. The fraction of sp³-hybridized carbons (Fsp3) is 0.333. The molecular formula is C12H15N3OS. The van der Waals surface area contributed by atoms with Crippen LogP contribution in [-0.2, 0) is 18.6 Å². The fourth-order valence-corrected chi connectivity index (χ4v) is 1.96. The van der Waals surface area contributed by atoms with E-state index in [1.807, 2.05) is 30.5 Å². The van der Waals surface area contributed by atoms with Gasteiger partial charge in [-0.1, -0.05) is 23.4 Å². The molecule has 0 radical (unpaired) electrons. The Balaban J connectivity index is 1.95. The molecule has 2 aromatic rings. The molecule has 4 nitrogen and oxygen atoms in total. The number of aryl methyl sites for hydroxylation is 2. The molecule has 0 bridgehead atoms. The van der Waals surface area contributed by atoms with Crippen LogP contribution in [-0.4, -0.2) is 16.4 Å². The van der Waals surface area contributed by atoms with Gasteiger partial charge in [0.25, 0.3) is 0 Å². The highest BCUT2D eigenvalue weighted by atomic mass is 32.2. The zero-order valence-electron chi connectivity index (χ0n) is 9.72. The molecule has 0 aliphatic rings. The summed E-state index contributed by atoms with van der Waals surface area (Å²) in [5, 5.41) is 3.90. The Bertz CT molecular complexity index is 484. The van der Waals surface area contributed by atoms with Gasteiger partial charge in [0.15, 0.2) is 5.82 Å². The first kappa shape index (κ1) is 12.0. The van der Waals surface area contributed by atoms with Crippen molar-refractivity contribution in [3.63, 3.8) is 0 Å². The molecule has 0 atom stereocenters. The van der Waals surface area contributed by atoms with E-state index in [-0.39, 0.29) is 0 Å². The number of hydrogen-bond donors (Lipinski definition) is 1. The van der Waals surface area contributed by atoms with Gasteiger partial charge < -0.3 is 10.3 Å². The predicted molar refractivity (Wildman–Crippen MR) is 69.8 cm³/mol. The van der Waals surface area contributed by atoms with E-state index < -0.39 is 0 Å². The van der Waals surface area contributed by atoms with Gasteiger partial charge in [-0.2, -0.15) is 16.7 Å². The highest BCUT2D eigenvalue weighted by Gasteiger charge is 2.06. The smallest absolute Gasteiger partial charge is 0.227 e. The molecule has 0 amide bonds. The molecule has 2 N–H and O–H groups in total. The molecule has 0 spiro atoms. The Hall–Kier alpha value is -1.49. The molecular weight excluding hydrogens is 234 g/mol. The van der Waals surface area contributed by atoms with E-state index in [9.17, 15) is 0 Å². The van der Waals surface area contributed by atoms with Crippen molar-refractivity contribution >= 4 is 17.4 Å². The molecule has 90 valence electrons. The number of anilines is 1. The van der Waals surface area contributed by atoms with Crippen LogP contribution in [0.15, 0.2) is 28.8 Å². The largest absolute Gasteiger partial charge is 0.399 e. The van der Waals surface area contributed by atoms with Crippen LogP contribution in [0.25, 0.3) is 0 Å². The molecule has 17 heavy (non-hydrogen) atoms. The van der Waals surface area contributed by atoms with E-state index >= 15 is 0 Å². The summed E-state index contributed by atoms with van der Waals surface area (Å²) in [4.78, 5) is 4.31. The van der Waals surface area contributed by atoms with E-state index in [2.05, 4.69) is 10.1 Å². The van der Waals surface area contributed by atoms with E-state index in [0.29, 0.717) is 5.89 Å². The molecule has 0 aliphatic heterocycles. The number of hydrogen-bond acceptors (Lipinski definition) is 5. The molecule has 0 unspecified atom stereocenters. The quantitative estimate of drug-likeness (QED) is 0.824. The van der Waals surface area contributed by atoms with Crippen LogP contribution in [0.3, 0.4) is 0 Å². The number of aromatic nitrogens is 2. The summed E-state index contributed by atoms with van der Waals surface area (Å²) in [5.41, 5.74) is 7.81. The summed E-state index contributed by atoms with van der Waals surface area (Å²) in [7, 11) is 0. The summed E-state index contributed by atoms with van der Waals surface area (Å²) >= 11 is 1.68. The molecule has 5 heteroatoms. The maximum atomic E-state index is 5.87. The summed E-state index contributed by atoms with van der Waals surface area (Å²) in [5.74, 6) is 2.22. The van der Waals surface area contributed by atoms with Gasteiger partial charge in [-0.05, 0) is 24.3 Å². The van der Waals surface area contributed by atoms with Crippen LogP contribution in [0.4, 0.5) is 5.69 Å². The van der Waals surface area contributed by atoms with Gasteiger partial charge in [-0.25, -0.2) is 0 Å². The van der Waals surface area contributed by atoms with E-state index in [0.717, 1.165) is 35.7 Å². The highest BCUT2D eigenvalue weighted by molar-refractivity contribution is 7.97. The Morgan fingerprint density at radius 2 is 2.12 bits per heavy atom. The number of nitrogens with zero attached hydrogens (tertiary/aromatic N) is 2. The molecule has 0 saturated carbocycles. The summed E-state index contributed by atoms with van der Waals surface area (Å²) < 4.78 is 5.16. The van der Waals surface area contributed by atoms with E-state index in [1.54, 1.807) is 11.8 Å². The first-order valence-electron chi connectivity index (χ1n) is 5.43. The molecule has 0 saturated heterocycles. The van der Waals surface area contributed by atoms with Gasteiger partial charge >= 0.3 is 0 Å². The minimum atomic E-state index is 0.678. The standard InChI is InChI=1S/C12H15N3OS/c1-17-8-11-14-12(16-15-11)7-6-9-4-2-3-5-10(9)13/h2-5H,6-8,13H2,1H3. The highest BCUT2D eigenvalue weighted by Crippen LogP contribution is 2.14. The number of benzene rings is 1. The molecule has 2 rings (SSSR count). The van der Waals surface area contributed by atoms with Gasteiger partial charge in [0.2, 0.25) is 5.89 Å². The third-order valence-electron chi connectivity index (χ3n) is 2.45. The molecule has 0 fully saturated rings. The lowest BCUT2D eigenvalue weighted by atomic mass is 10.1. The van der Waals surface area contributed by atoms with Crippen molar-refractivity contribution in [1.29, 1.82) is 0 Å². The van der Waals surface area contributed by atoms with Crippen molar-refractivity contribution in [2.45, 2.75) is 18.6 Å². The third-order valence-corrected chi connectivity index (χ3v) is 2.99. The van der Waals surface area contributed by atoms with Crippen molar-refractivity contribution in [3.8, 4) is 0 Å². The zero-order valence-corrected chi connectivity index (χ0v) is 10.5. The second-order valence-corrected chi connectivity index (χ2v) is 4.60. The minimum absolute atomic E-state index is 0.678. The van der Waals surface area contributed by atoms with E-state index in [4.69, 9.17) is 10.3 Å². The normalized spacial score (nSPS) is 10.6. The van der Waals surface area contributed by atoms with Crippen LogP contribution < -0.4 is 5.73 Å². The van der Waals surface area contributed by atoms with Crippen molar-refractivity contribution < 1.29 is 4.52 Å². The topological polar surface area (TPSA) is 64.9 Å². The van der Waals surface area contributed by atoms with Crippen LogP contribution in [0, 0.1) is 0 Å². The molecule has 1 aromatic heterocycles. The van der Waals surface area contributed by atoms with E-state index in [1.165, 1.54) is 0 Å². The number of para-hydroxylation sites is 1. The Labute approximate surface area is 105 Å². The first-order chi connectivity index (χ1) is 8.29. The van der Waals surface area contributed by atoms with Crippen LogP contribution in [0.1, 0.15) is 17.3 Å². The molecule has 1 heterocycles. The summed E-state index contributed by atoms with van der Waals surface area (Å²) in [6.45, 7) is 0. The number of nitrogens with two attached hydrogens (primary N) is 1.